The molecule has 1 aromatic carbocycles. The molecule has 2 atom stereocenters. The molecule has 2 rings (SSSR count). The molecule has 0 radical (unpaired) electrons. The average molecular weight is 861 g/mol. The first-order valence-electron chi connectivity index (χ1n) is 20.3. The number of ketones is 1. The molecular weight excluding hydrogens is 791 g/mol. The van der Waals surface area contributed by atoms with Crippen LogP contribution in [0.15, 0.2) is 24.3 Å². The third-order valence-corrected chi connectivity index (χ3v) is 13.0. The Bertz CT molecular complexity index is 1340. The highest BCUT2D eigenvalue weighted by Crippen LogP contribution is 2.50. The minimum atomic E-state index is -2.84. The number of hydrogen-bond acceptors (Lipinski definition) is 13. The molecular formula is C40H69N4O12PS. The predicted molar refractivity (Wildman–Crippen MR) is 224 cm³/mol. The van der Waals surface area contributed by atoms with Crippen molar-refractivity contribution in [2.24, 2.45) is 5.92 Å². The summed E-state index contributed by atoms with van der Waals surface area (Å²) in [7, 11) is 4.75. The van der Waals surface area contributed by atoms with Crippen LogP contribution in [0.1, 0.15) is 63.5 Å². The molecule has 0 saturated heterocycles. The van der Waals surface area contributed by atoms with E-state index >= 15 is 0 Å². The summed E-state index contributed by atoms with van der Waals surface area (Å²) in [6.07, 6.45) is 3.45. The Morgan fingerprint density at radius 3 is 1.88 bits per heavy atom. The number of nitrogens with zero attached hydrogens (tertiary/aromatic N) is 1. The lowest BCUT2D eigenvalue weighted by molar-refractivity contribution is -0.131. The molecule has 1 aliphatic carbocycles. The minimum absolute atomic E-state index is 0.0283. The number of hydrogen-bond donors (Lipinski definition) is 4. The molecule has 4 N–H and O–H groups in total. The molecule has 0 aliphatic heterocycles. The number of ether oxygens (including phenoxy) is 6. The summed E-state index contributed by atoms with van der Waals surface area (Å²) in [4.78, 5) is 65.5. The molecule has 58 heavy (non-hydrogen) atoms. The molecule has 0 spiro atoms. The molecule has 1 unspecified atom stereocenters. The molecule has 3 amide bonds. The van der Waals surface area contributed by atoms with Crippen molar-refractivity contribution in [3.8, 4) is 0 Å². The molecule has 18 heteroatoms. The van der Waals surface area contributed by atoms with E-state index < -0.39 is 12.5 Å². The van der Waals surface area contributed by atoms with Gasteiger partial charge in [0, 0.05) is 65.6 Å². The Morgan fingerprint density at radius 1 is 0.759 bits per heavy atom. The van der Waals surface area contributed by atoms with Gasteiger partial charge in [0.2, 0.25) is 17.7 Å². The molecule has 1 aliphatic rings. The second-order valence-electron chi connectivity index (χ2n) is 14.5. The lowest BCUT2D eigenvalue weighted by atomic mass is 9.87. The van der Waals surface area contributed by atoms with E-state index in [-0.39, 0.29) is 93.4 Å². The zero-order valence-corrected chi connectivity index (χ0v) is 36.9. The first kappa shape index (κ1) is 51.7. The number of carbonyl (C=O) groups excluding carboxylic acids is 4. The van der Waals surface area contributed by atoms with Crippen molar-refractivity contribution in [3.63, 3.8) is 0 Å². The SMILES string of the molecule is COCCOCCCC(=O)CN(CC(=O)NCCOCCOC)[C@@H](Cc1ccc(CNC(=O)C2CCC(OP(O)(=S)C(C)C)CC2)cc1)C(=O)NCCOCCOC. The van der Waals surface area contributed by atoms with Gasteiger partial charge in [0.25, 0.3) is 0 Å². The third kappa shape index (κ3) is 22.3. The standard InChI is InChI=1S/C40H69N4O12PS/c1-31(2)57(49,58)56-36-14-12-34(13-15-36)39(47)43-28-33-10-8-32(9-11-33)27-37(40(48)42-17-20-55-26-23-52-5)44(29-35(45)7-6-18-53-24-21-50-3)30-38(46)41-16-19-54-25-22-51-4/h8-11,31,34,36-37H,6-7,12-30H2,1-5H3,(H,41,46)(H,42,48)(H,43,47)(H,49,58)/t34?,36?,37-,57?/m0/s1. The summed E-state index contributed by atoms with van der Waals surface area (Å²) in [5.41, 5.74) is 1.58. The van der Waals surface area contributed by atoms with Crippen LogP contribution < -0.4 is 16.0 Å². The van der Waals surface area contributed by atoms with Gasteiger partial charge in [-0.15, -0.1) is 0 Å². The van der Waals surface area contributed by atoms with Crippen molar-refractivity contribution < 1.29 is 57.0 Å². The van der Waals surface area contributed by atoms with Gasteiger partial charge in [-0.05, 0) is 61.5 Å². The fourth-order valence-electron chi connectivity index (χ4n) is 6.06. The van der Waals surface area contributed by atoms with E-state index in [9.17, 15) is 24.1 Å². The first-order valence-corrected chi connectivity index (χ1v) is 23.0. The maximum atomic E-state index is 13.9. The van der Waals surface area contributed by atoms with E-state index in [1.54, 1.807) is 26.2 Å². The van der Waals surface area contributed by atoms with E-state index in [4.69, 9.17) is 44.8 Å². The number of rotatable bonds is 33. The second kappa shape index (κ2) is 30.6. The van der Waals surface area contributed by atoms with E-state index in [1.807, 2.05) is 38.1 Å². The summed E-state index contributed by atoms with van der Waals surface area (Å²) in [5.74, 6) is -0.992. The summed E-state index contributed by atoms with van der Waals surface area (Å²) >= 11 is 5.29. The van der Waals surface area contributed by atoms with Crippen LogP contribution in [0.4, 0.5) is 0 Å². The Balaban J connectivity index is 2.13. The van der Waals surface area contributed by atoms with Gasteiger partial charge in [-0.3, -0.25) is 24.1 Å². The predicted octanol–water partition coefficient (Wildman–Crippen LogP) is 2.37. The number of amides is 3. The average Bonchev–Trinajstić information content (AvgIpc) is 3.20. The van der Waals surface area contributed by atoms with Gasteiger partial charge in [0.15, 0.2) is 6.49 Å². The lowest BCUT2D eigenvalue weighted by Gasteiger charge is -2.31. The van der Waals surface area contributed by atoms with Gasteiger partial charge in [0.1, 0.15) is 5.78 Å². The number of benzene rings is 1. The van der Waals surface area contributed by atoms with Crippen LogP contribution in [0.5, 0.6) is 0 Å². The van der Waals surface area contributed by atoms with E-state index in [1.165, 1.54) is 0 Å². The normalized spacial score (nSPS) is 17.2. The zero-order chi connectivity index (χ0) is 42.6. The Labute approximate surface area is 350 Å². The topological polar surface area (TPSA) is 192 Å². The van der Waals surface area contributed by atoms with Gasteiger partial charge in [0.05, 0.1) is 78.1 Å². The molecule has 0 aromatic heterocycles. The molecule has 0 bridgehead atoms. The Hall–Kier alpha value is -2.41. The molecule has 16 nitrogen and oxygen atoms in total. The lowest BCUT2D eigenvalue weighted by Crippen LogP contribution is -2.53. The largest absolute Gasteiger partial charge is 0.382 e. The summed E-state index contributed by atoms with van der Waals surface area (Å²) in [6, 6.07) is 6.71. The van der Waals surface area contributed by atoms with Crippen LogP contribution in [0.3, 0.4) is 0 Å². The van der Waals surface area contributed by atoms with Gasteiger partial charge >= 0.3 is 0 Å². The van der Waals surface area contributed by atoms with E-state index in [2.05, 4.69) is 16.0 Å². The number of Topliss-reactive ketones (excluding diaryl/α,β-unsaturated/α-hetero) is 1. The van der Waals surface area contributed by atoms with Gasteiger partial charge < -0.3 is 53.8 Å². The van der Waals surface area contributed by atoms with Crippen molar-refractivity contribution >= 4 is 41.8 Å². The van der Waals surface area contributed by atoms with Crippen LogP contribution in [-0.4, -0.2) is 158 Å². The first-order chi connectivity index (χ1) is 27.9. The molecule has 332 valence electrons. The van der Waals surface area contributed by atoms with Crippen LogP contribution in [0, 0.1) is 5.92 Å². The number of methoxy groups -OCH3 is 3. The maximum absolute atomic E-state index is 13.9. The molecule has 1 fully saturated rings. The highest BCUT2D eigenvalue weighted by atomic mass is 32.5. The maximum Gasteiger partial charge on any atom is 0.237 e. The highest BCUT2D eigenvalue weighted by molar-refractivity contribution is 8.09. The van der Waals surface area contributed by atoms with Gasteiger partial charge in [-0.2, -0.15) is 0 Å². The van der Waals surface area contributed by atoms with Crippen molar-refractivity contribution in [1.82, 2.24) is 20.9 Å². The van der Waals surface area contributed by atoms with E-state index in [0.29, 0.717) is 84.9 Å². The number of carbonyl (C=O) groups is 4. The van der Waals surface area contributed by atoms with Crippen LogP contribution in [-0.2, 0) is 76.9 Å². The zero-order valence-electron chi connectivity index (χ0n) is 35.2. The van der Waals surface area contributed by atoms with Crippen molar-refractivity contribution in [3.05, 3.63) is 35.4 Å². The Morgan fingerprint density at radius 2 is 1.31 bits per heavy atom. The summed E-state index contributed by atoms with van der Waals surface area (Å²) in [6.45, 7) is 4.83. The van der Waals surface area contributed by atoms with Gasteiger partial charge in [-0.1, -0.05) is 38.1 Å². The summed E-state index contributed by atoms with van der Waals surface area (Å²) < 4.78 is 37.4. The molecule has 0 heterocycles. The molecule has 1 saturated carbocycles. The highest BCUT2D eigenvalue weighted by Gasteiger charge is 2.32. The van der Waals surface area contributed by atoms with Crippen LogP contribution in [0.25, 0.3) is 0 Å². The van der Waals surface area contributed by atoms with Crippen LogP contribution in [0.2, 0.25) is 0 Å². The van der Waals surface area contributed by atoms with Crippen molar-refractivity contribution in [2.45, 2.75) is 83.1 Å². The monoisotopic (exact) mass is 860 g/mol. The second-order valence-corrected chi connectivity index (χ2v) is 18.4. The van der Waals surface area contributed by atoms with Crippen molar-refractivity contribution in [1.29, 1.82) is 0 Å². The quantitative estimate of drug-likeness (QED) is 0.0595. The summed E-state index contributed by atoms with van der Waals surface area (Å²) in [5, 5.41) is 8.79. The fraction of sp³-hybridized carbons (Fsp3) is 0.750. The van der Waals surface area contributed by atoms with Crippen molar-refractivity contribution in [2.75, 3.05) is 107 Å². The smallest absolute Gasteiger partial charge is 0.237 e. The van der Waals surface area contributed by atoms with Crippen LogP contribution >= 0.6 is 6.49 Å². The fourth-order valence-corrected chi connectivity index (χ4v) is 7.30. The minimum Gasteiger partial charge on any atom is -0.382 e. The number of nitrogens with one attached hydrogen (secondary N) is 3. The Kier molecular flexibility index (Phi) is 27.3. The molecule has 1 aromatic rings. The van der Waals surface area contributed by atoms with Gasteiger partial charge in [-0.25, -0.2) is 0 Å². The van der Waals surface area contributed by atoms with E-state index in [0.717, 1.165) is 11.1 Å². The third-order valence-electron chi connectivity index (χ3n) is 9.54.